The van der Waals surface area contributed by atoms with E-state index in [2.05, 4.69) is 6.92 Å². The Hall–Kier alpha value is -2.60. The van der Waals surface area contributed by atoms with Crippen LogP contribution < -0.4 is 9.80 Å². The van der Waals surface area contributed by atoms with Gasteiger partial charge in [-0.15, -0.1) is 11.8 Å². The van der Waals surface area contributed by atoms with E-state index in [9.17, 15) is 14.4 Å². The molecule has 0 bridgehead atoms. The van der Waals surface area contributed by atoms with Gasteiger partial charge in [0, 0.05) is 18.2 Å². The van der Waals surface area contributed by atoms with Crippen LogP contribution >= 0.6 is 11.8 Å². The van der Waals surface area contributed by atoms with Crippen LogP contribution in [-0.4, -0.2) is 23.5 Å². The molecule has 5 nitrogen and oxygen atoms in total. The van der Waals surface area contributed by atoms with Crippen molar-refractivity contribution in [3.05, 3.63) is 59.7 Å². The fourth-order valence-corrected chi connectivity index (χ4v) is 5.33. The van der Waals surface area contributed by atoms with Crippen molar-refractivity contribution in [2.24, 2.45) is 0 Å². The zero-order valence-electron chi connectivity index (χ0n) is 16.0. The average Bonchev–Trinajstić information content (AvgIpc) is 3.17. The number of nitrogens with zero attached hydrogens (tertiary/aromatic N) is 2. The fraction of sp³-hybridized carbons (Fsp3) is 0.318. The molecule has 0 aliphatic carbocycles. The third-order valence-corrected chi connectivity index (χ3v) is 6.69. The van der Waals surface area contributed by atoms with Crippen molar-refractivity contribution >= 4 is 40.9 Å². The second-order valence-electron chi connectivity index (χ2n) is 7.11. The van der Waals surface area contributed by atoms with Gasteiger partial charge >= 0.3 is 0 Å². The van der Waals surface area contributed by atoms with Gasteiger partial charge in [0.05, 0.1) is 11.4 Å². The number of aryl methyl sites for hydroxylation is 1. The van der Waals surface area contributed by atoms with Crippen LogP contribution in [0.15, 0.2) is 48.5 Å². The normalized spacial score (nSPS) is 20.9. The van der Waals surface area contributed by atoms with Crippen molar-refractivity contribution in [1.82, 2.24) is 0 Å². The minimum absolute atomic E-state index is 0.125. The molecule has 3 amide bonds. The molecule has 4 rings (SSSR count). The number of imide groups is 1. The maximum atomic E-state index is 13.5. The molecule has 2 aliphatic heterocycles. The third-order valence-electron chi connectivity index (χ3n) is 5.30. The monoisotopic (exact) mass is 394 g/mol. The van der Waals surface area contributed by atoms with E-state index >= 15 is 0 Å². The smallest absolute Gasteiger partial charge is 0.275 e. The van der Waals surface area contributed by atoms with Crippen LogP contribution in [0, 0.1) is 0 Å². The first-order chi connectivity index (χ1) is 13.5. The molecule has 0 N–H and O–H groups in total. The number of carbonyl (C=O) groups excluding carboxylic acids is 3. The molecule has 6 heteroatoms. The Labute approximate surface area is 168 Å². The van der Waals surface area contributed by atoms with Crippen molar-refractivity contribution in [2.45, 2.75) is 38.0 Å². The van der Waals surface area contributed by atoms with Crippen molar-refractivity contribution in [1.29, 1.82) is 0 Å². The summed E-state index contributed by atoms with van der Waals surface area (Å²) in [6, 6.07) is 15.1. The minimum Gasteiger partial charge on any atom is -0.283 e. The summed E-state index contributed by atoms with van der Waals surface area (Å²) in [4.78, 5) is 40.1. The molecule has 0 aromatic heterocycles. The molecule has 1 saturated heterocycles. The van der Waals surface area contributed by atoms with Gasteiger partial charge in [-0.05, 0) is 36.6 Å². The maximum Gasteiger partial charge on any atom is 0.275 e. The lowest BCUT2D eigenvalue weighted by molar-refractivity contribution is -0.128. The quantitative estimate of drug-likeness (QED) is 0.790. The molecule has 2 aliphatic rings. The molecule has 144 valence electrons. The van der Waals surface area contributed by atoms with Gasteiger partial charge in [0.1, 0.15) is 0 Å². The maximum absolute atomic E-state index is 13.5. The summed E-state index contributed by atoms with van der Waals surface area (Å²) in [5.41, 5.74) is 3.15. The van der Waals surface area contributed by atoms with Crippen molar-refractivity contribution in [3.8, 4) is 0 Å². The van der Waals surface area contributed by atoms with E-state index < -0.39 is 4.87 Å². The van der Waals surface area contributed by atoms with Crippen LogP contribution in [0.25, 0.3) is 0 Å². The molecule has 1 spiro atoms. The number of hydrogen-bond acceptors (Lipinski definition) is 4. The van der Waals surface area contributed by atoms with Gasteiger partial charge in [-0.3, -0.25) is 19.3 Å². The molecule has 28 heavy (non-hydrogen) atoms. The first-order valence-corrected chi connectivity index (χ1v) is 10.5. The van der Waals surface area contributed by atoms with Crippen LogP contribution in [0.4, 0.5) is 11.4 Å². The number of para-hydroxylation sites is 1. The van der Waals surface area contributed by atoms with Crippen LogP contribution in [-0.2, 0) is 25.7 Å². The Morgan fingerprint density at radius 1 is 1.11 bits per heavy atom. The number of hydrogen-bond donors (Lipinski definition) is 0. The van der Waals surface area contributed by atoms with E-state index in [0.29, 0.717) is 16.9 Å². The van der Waals surface area contributed by atoms with Crippen molar-refractivity contribution < 1.29 is 14.4 Å². The highest BCUT2D eigenvalue weighted by Gasteiger charge is 2.61. The molecule has 0 radical (unpaired) electrons. The molecule has 2 aromatic rings. The SMILES string of the molecule is CCCCc1ccc(N2C(=O)CS[C@@]23C(=O)N(C(C)=O)c2ccccc23)cc1. The number of amides is 3. The largest absolute Gasteiger partial charge is 0.283 e. The minimum atomic E-state index is -1.22. The van der Waals surface area contributed by atoms with Crippen LogP contribution in [0.1, 0.15) is 37.8 Å². The molecule has 2 heterocycles. The molecular weight excluding hydrogens is 372 g/mol. The molecule has 0 unspecified atom stereocenters. The molecule has 1 atom stereocenters. The van der Waals surface area contributed by atoms with E-state index in [4.69, 9.17) is 0 Å². The Morgan fingerprint density at radius 2 is 1.82 bits per heavy atom. The Bertz CT molecular complexity index is 957. The topological polar surface area (TPSA) is 57.7 Å². The lowest BCUT2D eigenvalue weighted by atomic mass is 10.0. The van der Waals surface area contributed by atoms with Gasteiger partial charge < -0.3 is 0 Å². The molecular formula is C22H22N2O3S. The van der Waals surface area contributed by atoms with Crippen molar-refractivity contribution in [3.63, 3.8) is 0 Å². The highest BCUT2D eigenvalue weighted by molar-refractivity contribution is 8.02. The highest BCUT2D eigenvalue weighted by Crippen LogP contribution is 2.55. The number of unbranched alkanes of at least 4 members (excludes halogenated alkanes) is 1. The summed E-state index contributed by atoms with van der Waals surface area (Å²) in [5, 5.41) is 0. The predicted molar refractivity (Wildman–Crippen MR) is 111 cm³/mol. The zero-order chi connectivity index (χ0) is 19.9. The van der Waals surface area contributed by atoms with Gasteiger partial charge in [0.25, 0.3) is 5.91 Å². The lowest BCUT2D eigenvalue weighted by Gasteiger charge is -2.33. The average molecular weight is 394 g/mol. The predicted octanol–water partition coefficient (Wildman–Crippen LogP) is 3.86. The zero-order valence-corrected chi connectivity index (χ0v) is 16.8. The highest BCUT2D eigenvalue weighted by atomic mass is 32.2. The number of carbonyl (C=O) groups is 3. The van der Waals surface area contributed by atoms with E-state index in [1.165, 1.54) is 29.1 Å². The third kappa shape index (κ3) is 2.66. The first kappa shape index (κ1) is 18.7. The number of benzene rings is 2. The molecule has 1 fully saturated rings. The summed E-state index contributed by atoms with van der Waals surface area (Å²) in [6.07, 6.45) is 3.23. The Kier molecular flexibility index (Phi) is 4.75. The standard InChI is InChI=1S/C22H22N2O3S/c1-3-4-7-16-10-12-17(13-11-16)24-20(26)14-28-22(24)18-8-5-6-9-19(18)23(15(2)25)21(22)27/h5-6,8-13H,3-4,7,14H2,1-2H3/t22-/m0/s1. The summed E-state index contributed by atoms with van der Waals surface area (Å²) >= 11 is 1.29. The Balaban J connectivity index is 1.81. The summed E-state index contributed by atoms with van der Waals surface area (Å²) < 4.78 is 0. The first-order valence-electron chi connectivity index (χ1n) is 9.51. The fourth-order valence-electron chi connectivity index (χ4n) is 3.99. The number of anilines is 2. The van der Waals surface area contributed by atoms with Gasteiger partial charge in [-0.1, -0.05) is 43.7 Å². The number of fused-ring (bicyclic) bond motifs is 2. The lowest BCUT2D eigenvalue weighted by Crippen LogP contribution is -2.50. The van der Waals surface area contributed by atoms with E-state index in [1.54, 1.807) is 17.0 Å². The van der Waals surface area contributed by atoms with Gasteiger partial charge in [-0.2, -0.15) is 0 Å². The van der Waals surface area contributed by atoms with Gasteiger partial charge in [0.2, 0.25) is 16.7 Å². The Morgan fingerprint density at radius 3 is 2.50 bits per heavy atom. The molecule has 0 saturated carbocycles. The van der Waals surface area contributed by atoms with E-state index in [0.717, 1.165) is 19.3 Å². The van der Waals surface area contributed by atoms with Crippen molar-refractivity contribution in [2.75, 3.05) is 15.6 Å². The van der Waals surface area contributed by atoms with Crippen LogP contribution in [0.5, 0.6) is 0 Å². The van der Waals surface area contributed by atoms with Gasteiger partial charge in [-0.25, -0.2) is 4.90 Å². The summed E-state index contributed by atoms with van der Waals surface area (Å²) in [5.74, 6) is -0.639. The number of rotatable bonds is 4. The molecule has 2 aromatic carbocycles. The second kappa shape index (κ2) is 7.09. The summed E-state index contributed by atoms with van der Waals surface area (Å²) in [7, 11) is 0. The van der Waals surface area contributed by atoms with E-state index in [1.807, 2.05) is 36.4 Å². The second-order valence-corrected chi connectivity index (χ2v) is 8.28. The summed E-state index contributed by atoms with van der Waals surface area (Å²) in [6.45, 7) is 3.53. The van der Waals surface area contributed by atoms with E-state index in [-0.39, 0.29) is 23.5 Å². The van der Waals surface area contributed by atoms with Gasteiger partial charge in [0.15, 0.2) is 0 Å². The van der Waals surface area contributed by atoms with Crippen LogP contribution in [0.2, 0.25) is 0 Å². The van der Waals surface area contributed by atoms with Crippen LogP contribution in [0.3, 0.4) is 0 Å². The number of thioether (sulfide) groups is 1.